The van der Waals surface area contributed by atoms with Crippen LogP contribution in [0.3, 0.4) is 0 Å². The number of nitrogens with two attached hydrogens (primary N) is 1. The fraction of sp³-hybridized carbons (Fsp3) is 0.483. The largest absolute Gasteiger partial charge is 0.480 e. The Balaban J connectivity index is 1.62. The summed E-state index contributed by atoms with van der Waals surface area (Å²) in [4.78, 5) is 63.7. The van der Waals surface area contributed by atoms with E-state index in [-0.39, 0.29) is 48.1 Å². The molecule has 0 unspecified atom stereocenters. The number of hydrogen-bond donors (Lipinski definition) is 2. The van der Waals surface area contributed by atoms with Crippen LogP contribution in [0.25, 0.3) is 0 Å². The number of ether oxygens (including phenoxy) is 1. The number of hydrogen-bond acceptors (Lipinski definition) is 8. The van der Waals surface area contributed by atoms with Gasteiger partial charge < -0.3 is 35.4 Å². The number of nitrogens with zero attached hydrogens (tertiary/aromatic N) is 5. The first-order chi connectivity index (χ1) is 19.5. The van der Waals surface area contributed by atoms with Gasteiger partial charge in [-0.05, 0) is 37.7 Å². The fourth-order valence-electron chi connectivity index (χ4n) is 5.29. The summed E-state index contributed by atoms with van der Waals surface area (Å²) < 4.78 is 5.05. The average molecular weight is 566 g/mol. The number of anilines is 2. The van der Waals surface area contributed by atoms with E-state index in [0.29, 0.717) is 0 Å². The molecule has 4 rings (SSSR count). The number of primary amides is 1. The van der Waals surface area contributed by atoms with Gasteiger partial charge >= 0.3 is 11.8 Å². The van der Waals surface area contributed by atoms with Crippen LogP contribution in [0, 0.1) is 5.92 Å². The van der Waals surface area contributed by atoms with Gasteiger partial charge in [0.25, 0.3) is 5.91 Å². The standard InChI is InChI=1S/C29H39N7O5/c1-18(2)28(39)35-17-24(20-7-6-8-22(13-20)34-11-9-33(4)10-12-34)36(16-19(35)3)29(40)26(38)32-21-14-23(25(30)37)27(41-5)31-15-21/h6-8,13-15,18-19,24H,9-12,16-17H2,1-5H3,(H2,30,37)(H,32,38)/t19-,24-/m1/s1. The lowest BCUT2D eigenvalue weighted by atomic mass is 9.97. The number of piperazine rings is 2. The van der Waals surface area contributed by atoms with Crippen LogP contribution in [0.2, 0.25) is 0 Å². The summed E-state index contributed by atoms with van der Waals surface area (Å²) in [5, 5.41) is 2.54. The lowest BCUT2D eigenvalue weighted by Gasteiger charge is -2.46. The topological polar surface area (TPSA) is 141 Å². The van der Waals surface area contributed by atoms with Crippen molar-refractivity contribution in [3.8, 4) is 5.88 Å². The molecule has 0 aliphatic carbocycles. The van der Waals surface area contributed by atoms with Gasteiger partial charge in [0.1, 0.15) is 5.56 Å². The first-order valence-electron chi connectivity index (χ1n) is 13.8. The molecule has 12 nitrogen and oxygen atoms in total. The highest BCUT2D eigenvalue weighted by molar-refractivity contribution is 6.39. The molecule has 3 heterocycles. The van der Waals surface area contributed by atoms with Gasteiger partial charge in [0.15, 0.2) is 0 Å². The lowest BCUT2D eigenvalue weighted by molar-refractivity contribution is -0.152. The Hall–Kier alpha value is -4.19. The summed E-state index contributed by atoms with van der Waals surface area (Å²) in [6.45, 7) is 9.69. The van der Waals surface area contributed by atoms with Crippen molar-refractivity contribution in [2.24, 2.45) is 11.7 Å². The molecular formula is C29H39N7O5. The van der Waals surface area contributed by atoms with E-state index >= 15 is 0 Å². The Labute approximate surface area is 240 Å². The molecule has 0 radical (unpaired) electrons. The molecule has 2 aromatic rings. The number of likely N-dealkylation sites (N-methyl/N-ethyl adjacent to an activating group) is 1. The first kappa shape index (κ1) is 29.8. The molecule has 2 atom stereocenters. The fourth-order valence-corrected chi connectivity index (χ4v) is 5.29. The third kappa shape index (κ3) is 6.59. The molecule has 2 fully saturated rings. The Bertz CT molecular complexity index is 1310. The molecule has 1 aromatic heterocycles. The van der Waals surface area contributed by atoms with Crippen LogP contribution >= 0.6 is 0 Å². The van der Waals surface area contributed by atoms with Crippen molar-refractivity contribution in [3.05, 3.63) is 47.7 Å². The van der Waals surface area contributed by atoms with Gasteiger partial charge in [0.2, 0.25) is 11.8 Å². The molecule has 0 saturated carbocycles. The second kappa shape index (κ2) is 12.5. The molecule has 41 heavy (non-hydrogen) atoms. The average Bonchev–Trinajstić information content (AvgIpc) is 2.96. The third-order valence-electron chi connectivity index (χ3n) is 7.66. The number of amides is 4. The Kier molecular flexibility index (Phi) is 9.11. The normalized spacial score (nSPS) is 19.7. The van der Waals surface area contributed by atoms with Gasteiger partial charge in [0, 0.05) is 56.9 Å². The number of nitrogens with one attached hydrogen (secondary N) is 1. The molecule has 220 valence electrons. The highest BCUT2D eigenvalue weighted by atomic mass is 16.5. The van der Waals surface area contributed by atoms with Gasteiger partial charge in [-0.3, -0.25) is 19.2 Å². The number of pyridine rings is 1. The van der Waals surface area contributed by atoms with Crippen LogP contribution in [-0.4, -0.2) is 103 Å². The van der Waals surface area contributed by atoms with Crippen LogP contribution < -0.4 is 20.7 Å². The molecule has 3 N–H and O–H groups in total. The quantitative estimate of drug-likeness (QED) is 0.500. The minimum atomic E-state index is -0.886. The number of carbonyl (C=O) groups is 4. The van der Waals surface area contributed by atoms with Crippen molar-refractivity contribution in [2.45, 2.75) is 32.9 Å². The van der Waals surface area contributed by atoms with E-state index in [9.17, 15) is 19.2 Å². The zero-order chi connectivity index (χ0) is 29.8. The summed E-state index contributed by atoms with van der Waals surface area (Å²) >= 11 is 0. The molecule has 2 aliphatic rings. The predicted octanol–water partition coefficient (Wildman–Crippen LogP) is 1.34. The van der Waals surface area contributed by atoms with Gasteiger partial charge in [-0.1, -0.05) is 26.0 Å². The Morgan fingerprint density at radius 1 is 1.05 bits per heavy atom. The van der Waals surface area contributed by atoms with Crippen LogP contribution in [-0.2, 0) is 14.4 Å². The van der Waals surface area contributed by atoms with Gasteiger partial charge in [-0.25, -0.2) is 4.98 Å². The van der Waals surface area contributed by atoms with Crippen molar-refractivity contribution >= 4 is 35.0 Å². The van der Waals surface area contributed by atoms with Crippen LogP contribution in [0.1, 0.15) is 42.7 Å². The van der Waals surface area contributed by atoms with E-state index < -0.39 is 23.8 Å². The molecule has 1 aromatic carbocycles. The molecule has 0 spiro atoms. The second-order valence-electron chi connectivity index (χ2n) is 11.0. The summed E-state index contributed by atoms with van der Waals surface area (Å²) in [5.74, 6) is -2.61. The van der Waals surface area contributed by atoms with E-state index in [0.717, 1.165) is 37.4 Å². The van der Waals surface area contributed by atoms with Gasteiger partial charge in [-0.2, -0.15) is 0 Å². The highest BCUT2D eigenvalue weighted by Gasteiger charge is 2.40. The second-order valence-corrected chi connectivity index (χ2v) is 11.0. The van der Waals surface area contributed by atoms with Crippen molar-refractivity contribution in [1.29, 1.82) is 0 Å². The number of benzene rings is 1. The van der Waals surface area contributed by atoms with Crippen LogP contribution in [0.4, 0.5) is 11.4 Å². The van der Waals surface area contributed by atoms with E-state index in [1.165, 1.54) is 24.3 Å². The molecule has 2 aliphatic heterocycles. The predicted molar refractivity (Wildman–Crippen MR) is 155 cm³/mol. The van der Waals surface area contributed by atoms with E-state index in [1.54, 1.807) is 4.90 Å². The summed E-state index contributed by atoms with van der Waals surface area (Å²) in [6, 6.07) is 8.48. The SMILES string of the molecule is COc1ncc(NC(=O)C(=O)N2C[C@@H](C)N(C(=O)C(C)C)C[C@@H]2c2cccc(N3CCN(C)CC3)c2)cc1C(N)=O. The molecule has 2 saturated heterocycles. The Morgan fingerprint density at radius 3 is 2.39 bits per heavy atom. The van der Waals surface area contributed by atoms with Gasteiger partial charge in [0.05, 0.1) is 25.0 Å². The highest BCUT2D eigenvalue weighted by Crippen LogP contribution is 2.32. The Morgan fingerprint density at radius 2 is 1.76 bits per heavy atom. The minimum absolute atomic E-state index is 0.00226. The molecular weight excluding hydrogens is 526 g/mol. The summed E-state index contributed by atoms with van der Waals surface area (Å²) in [5.41, 5.74) is 7.40. The number of carbonyl (C=O) groups excluding carboxylic acids is 4. The third-order valence-corrected chi connectivity index (χ3v) is 7.66. The maximum absolute atomic E-state index is 13.7. The first-order valence-corrected chi connectivity index (χ1v) is 13.8. The van der Waals surface area contributed by atoms with E-state index in [2.05, 4.69) is 33.2 Å². The zero-order valence-corrected chi connectivity index (χ0v) is 24.3. The van der Waals surface area contributed by atoms with Crippen LogP contribution in [0.5, 0.6) is 5.88 Å². The minimum Gasteiger partial charge on any atom is -0.480 e. The maximum atomic E-state index is 13.7. The van der Waals surface area contributed by atoms with Crippen molar-refractivity contribution < 1.29 is 23.9 Å². The smallest absolute Gasteiger partial charge is 0.313 e. The summed E-state index contributed by atoms with van der Waals surface area (Å²) in [6.07, 6.45) is 1.29. The summed E-state index contributed by atoms with van der Waals surface area (Å²) in [7, 11) is 3.45. The van der Waals surface area contributed by atoms with Crippen LogP contribution in [0.15, 0.2) is 36.5 Å². The maximum Gasteiger partial charge on any atom is 0.313 e. The van der Waals surface area contributed by atoms with Crippen molar-refractivity contribution in [3.63, 3.8) is 0 Å². The number of methoxy groups -OCH3 is 1. The molecule has 0 bridgehead atoms. The molecule has 4 amide bonds. The van der Waals surface area contributed by atoms with Crippen molar-refractivity contribution in [1.82, 2.24) is 19.7 Å². The zero-order valence-electron chi connectivity index (χ0n) is 24.3. The monoisotopic (exact) mass is 565 g/mol. The van der Waals surface area contributed by atoms with Gasteiger partial charge in [-0.15, -0.1) is 0 Å². The lowest BCUT2D eigenvalue weighted by Crippen LogP contribution is -2.59. The number of rotatable bonds is 6. The van der Waals surface area contributed by atoms with E-state index in [4.69, 9.17) is 10.5 Å². The van der Waals surface area contributed by atoms with Crippen molar-refractivity contribution in [2.75, 3.05) is 63.6 Å². The molecule has 12 heteroatoms. The number of aromatic nitrogens is 1. The van der Waals surface area contributed by atoms with E-state index in [1.807, 2.05) is 39.0 Å².